The maximum absolute atomic E-state index is 12.7. The average molecular weight is 407 g/mol. The second-order valence-corrected chi connectivity index (χ2v) is 7.95. The van der Waals surface area contributed by atoms with Crippen LogP contribution < -0.4 is 0 Å². The monoisotopic (exact) mass is 406 g/mol. The van der Waals surface area contributed by atoms with Gasteiger partial charge in [0.2, 0.25) is 5.91 Å². The number of hydrogen-bond donors (Lipinski definition) is 0. The Morgan fingerprint density at radius 2 is 1.84 bits per heavy atom. The van der Waals surface area contributed by atoms with Crippen molar-refractivity contribution in [2.75, 3.05) is 6.54 Å². The highest BCUT2D eigenvalue weighted by Gasteiger charge is 2.36. The molecule has 0 spiro atoms. The molecule has 0 unspecified atom stereocenters. The van der Waals surface area contributed by atoms with Crippen LogP contribution >= 0.6 is 15.9 Å². The van der Waals surface area contributed by atoms with E-state index >= 15 is 0 Å². The SMILES string of the molecule is CC(C)N(C(=O)CCN1C(=O)c2ccc(Br)cc2C1=O)C1CCCC1. The molecule has 134 valence electrons. The summed E-state index contributed by atoms with van der Waals surface area (Å²) in [6.45, 7) is 4.18. The van der Waals surface area contributed by atoms with Crippen molar-refractivity contribution >= 4 is 33.7 Å². The minimum atomic E-state index is -0.314. The number of halogens is 1. The predicted molar refractivity (Wildman–Crippen MR) is 98.4 cm³/mol. The third-order valence-electron chi connectivity index (χ3n) is 5.04. The Labute approximate surface area is 156 Å². The third kappa shape index (κ3) is 3.50. The number of nitrogens with zero attached hydrogens (tertiary/aromatic N) is 2. The molecule has 0 aromatic heterocycles. The molecule has 1 saturated carbocycles. The van der Waals surface area contributed by atoms with Crippen molar-refractivity contribution in [3.63, 3.8) is 0 Å². The van der Waals surface area contributed by atoms with E-state index in [-0.39, 0.29) is 36.7 Å². The van der Waals surface area contributed by atoms with Gasteiger partial charge in [0.25, 0.3) is 11.8 Å². The van der Waals surface area contributed by atoms with Crippen LogP contribution in [-0.4, -0.2) is 46.1 Å². The average Bonchev–Trinajstić information content (AvgIpc) is 3.14. The molecule has 0 radical (unpaired) electrons. The summed E-state index contributed by atoms with van der Waals surface area (Å²) < 4.78 is 0.762. The lowest BCUT2D eigenvalue weighted by molar-refractivity contribution is -0.135. The molecule has 25 heavy (non-hydrogen) atoms. The Hall–Kier alpha value is -1.69. The van der Waals surface area contributed by atoms with Gasteiger partial charge in [-0.25, -0.2) is 0 Å². The first-order valence-corrected chi connectivity index (χ1v) is 9.66. The van der Waals surface area contributed by atoms with E-state index in [1.807, 2.05) is 18.7 Å². The maximum atomic E-state index is 12.7. The van der Waals surface area contributed by atoms with Gasteiger partial charge in [-0.15, -0.1) is 0 Å². The summed E-state index contributed by atoms with van der Waals surface area (Å²) in [4.78, 5) is 40.8. The van der Waals surface area contributed by atoms with Crippen molar-refractivity contribution in [2.45, 2.75) is 58.0 Å². The summed E-state index contributed by atoms with van der Waals surface area (Å²) >= 11 is 3.32. The van der Waals surface area contributed by atoms with Gasteiger partial charge in [-0.2, -0.15) is 0 Å². The Morgan fingerprint density at radius 3 is 2.48 bits per heavy atom. The molecule has 1 fully saturated rings. The molecule has 1 aliphatic heterocycles. The Morgan fingerprint density at radius 1 is 1.20 bits per heavy atom. The van der Waals surface area contributed by atoms with E-state index < -0.39 is 0 Å². The second-order valence-electron chi connectivity index (χ2n) is 7.03. The van der Waals surface area contributed by atoms with Crippen LogP contribution in [0.4, 0.5) is 0 Å². The summed E-state index contributed by atoms with van der Waals surface area (Å²) in [5, 5.41) is 0. The molecule has 6 heteroatoms. The Balaban J connectivity index is 1.68. The molecule has 1 aliphatic carbocycles. The molecular formula is C19H23BrN2O3. The van der Waals surface area contributed by atoms with Gasteiger partial charge in [0, 0.05) is 29.5 Å². The minimum absolute atomic E-state index is 0.0274. The molecule has 1 heterocycles. The van der Waals surface area contributed by atoms with Crippen molar-refractivity contribution in [1.29, 1.82) is 0 Å². The molecule has 1 aromatic rings. The van der Waals surface area contributed by atoms with Crippen LogP contribution in [0.1, 0.15) is 66.7 Å². The van der Waals surface area contributed by atoms with Crippen molar-refractivity contribution in [1.82, 2.24) is 9.80 Å². The highest BCUT2D eigenvalue weighted by molar-refractivity contribution is 9.10. The van der Waals surface area contributed by atoms with Gasteiger partial charge >= 0.3 is 0 Å². The van der Waals surface area contributed by atoms with E-state index in [0.717, 1.165) is 30.2 Å². The summed E-state index contributed by atoms with van der Waals surface area (Å²) in [7, 11) is 0. The summed E-state index contributed by atoms with van der Waals surface area (Å²) in [5.74, 6) is -0.594. The fraction of sp³-hybridized carbons (Fsp3) is 0.526. The lowest BCUT2D eigenvalue weighted by Crippen LogP contribution is -2.45. The van der Waals surface area contributed by atoms with Gasteiger partial charge < -0.3 is 4.90 Å². The number of carbonyl (C=O) groups is 3. The van der Waals surface area contributed by atoms with E-state index in [2.05, 4.69) is 15.9 Å². The van der Waals surface area contributed by atoms with Gasteiger partial charge in [-0.3, -0.25) is 19.3 Å². The molecule has 0 N–H and O–H groups in total. The van der Waals surface area contributed by atoms with Gasteiger partial charge in [0.05, 0.1) is 11.1 Å². The first-order valence-electron chi connectivity index (χ1n) is 8.87. The fourth-order valence-corrected chi connectivity index (χ4v) is 4.26. The molecule has 0 saturated heterocycles. The summed E-state index contributed by atoms with van der Waals surface area (Å²) in [5.41, 5.74) is 0.820. The maximum Gasteiger partial charge on any atom is 0.261 e. The number of fused-ring (bicyclic) bond motifs is 1. The smallest absolute Gasteiger partial charge is 0.261 e. The molecule has 3 amide bonds. The lowest BCUT2D eigenvalue weighted by atomic mass is 10.1. The molecule has 0 bridgehead atoms. The normalized spacial score (nSPS) is 17.5. The number of rotatable bonds is 5. The van der Waals surface area contributed by atoms with E-state index in [1.54, 1.807) is 18.2 Å². The zero-order valence-corrected chi connectivity index (χ0v) is 16.2. The zero-order valence-electron chi connectivity index (χ0n) is 14.6. The van der Waals surface area contributed by atoms with Gasteiger partial charge in [-0.1, -0.05) is 28.8 Å². The molecular weight excluding hydrogens is 384 g/mol. The lowest BCUT2D eigenvalue weighted by Gasteiger charge is -2.33. The first-order chi connectivity index (χ1) is 11.9. The van der Waals surface area contributed by atoms with E-state index in [0.29, 0.717) is 17.2 Å². The van der Waals surface area contributed by atoms with Crippen molar-refractivity contribution in [2.24, 2.45) is 0 Å². The van der Waals surface area contributed by atoms with Crippen LogP contribution in [0.2, 0.25) is 0 Å². The second kappa shape index (κ2) is 7.28. The summed E-state index contributed by atoms with van der Waals surface area (Å²) in [6, 6.07) is 5.50. The molecule has 3 rings (SSSR count). The highest BCUT2D eigenvalue weighted by Crippen LogP contribution is 2.28. The van der Waals surface area contributed by atoms with Crippen molar-refractivity contribution in [3.8, 4) is 0 Å². The van der Waals surface area contributed by atoms with Gasteiger partial charge in [0.15, 0.2) is 0 Å². The molecule has 5 nitrogen and oxygen atoms in total. The van der Waals surface area contributed by atoms with Crippen molar-refractivity contribution < 1.29 is 14.4 Å². The van der Waals surface area contributed by atoms with Crippen LogP contribution in [0.5, 0.6) is 0 Å². The van der Waals surface area contributed by atoms with Crippen LogP contribution in [0.3, 0.4) is 0 Å². The first kappa shape index (κ1) is 18.1. The number of carbonyl (C=O) groups excluding carboxylic acids is 3. The fourth-order valence-electron chi connectivity index (χ4n) is 3.90. The molecule has 2 aliphatic rings. The standard InChI is InChI=1S/C19H23BrN2O3/c1-12(2)22(14-5-3-4-6-14)17(23)9-10-21-18(24)15-8-7-13(20)11-16(15)19(21)25/h7-8,11-12,14H,3-6,9-10H2,1-2H3. The van der Waals surface area contributed by atoms with E-state index in [1.165, 1.54) is 4.90 Å². The van der Waals surface area contributed by atoms with Gasteiger partial charge in [-0.05, 0) is 44.9 Å². The van der Waals surface area contributed by atoms with E-state index in [9.17, 15) is 14.4 Å². The van der Waals surface area contributed by atoms with Crippen LogP contribution in [-0.2, 0) is 4.79 Å². The topological polar surface area (TPSA) is 57.7 Å². The number of imide groups is 1. The number of benzene rings is 1. The van der Waals surface area contributed by atoms with Crippen LogP contribution in [0.15, 0.2) is 22.7 Å². The molecule has 0 atom stereocenters. The van der Waals surface area contributed by atoms with Crippen molar-refractivity contribution in [3.05, 3.63) is 33.8 Å². The predicted octanol–water partition coefficient (Wildman–Crippen LogP) is 3.61. The number of amides is 3. The Kier molecular flexibility index (Phi) is 5.27. The Bertz CT molecular complexity index is 711. The third-order valence-corrected chi connectivity index (χ3v) is 5.54. The molecule has 1 aromatic carbocycles. The highest BCUT2D eigenvalue weighted by atomic mass is 79.9. The van der Waals surface area contributed by atoms with Crippen LogP contribution in [0, 0.1) is 0 Å². The number of hydrogen-bond acceptors (Lipinski definition) is 3. The summed E-state index contributed by atoms with van der Waals surface area (Å²) in [6.07, 6.45) is 4.60. The van der Waals surface area contributed by atoms with Crippen LogP contribution in [0.25, 0.3) is 0 Å². The zero-order chi connectivity index (χ0) is 18.1. The minimum Gasteiger partial charge on any atom is -0.337 e. The van der Waals surface area contributed by atoms with Gasteiger partial charge in [0.1, 0.15) is 0 Å². The largest absolute Gasteiger partial charge is 0.337 e. The quantitative estimate of drug-likeness (QED) is 0.701. The van der Waals surface area contributed by atoms with E-state index in [4.69, 9.17) is 0 Å².